The molecule has 0 saturated carbocycles. The van der Waals surface area contributed by atoms with Gasteiger partial charge in [-0.15, -0.1) is 0 Å². The molecule has 3 saturated heterocycles. The van der Waals surface area contributed by atoms with Gasteiger partial charge in [-0.3, -0.25) is 0 Å². The Kier molecular flexibility index (Phi) is 3.46. The van der Waals surface area contributed by atoms with E-state index < -0.39 is 0 Å². The van der Waals surface area contributed by atoms with Crippen molar-refractivity contribution in [1.29, 1.82) is 0 Å². The average Bonchev–Trinajstić information content (AvgIpc) is 2.84. The summed E-state index contributed by atoms with van der Waals surface area (Å²) in [6.45, 7) is 1.28. The molecule has 3 heterocycles. The molecule has 3 heteroatoms. The monoisotopic (exact) mass is 240 g/mol. The predicted molar refractivity (Wildman–Crippen MR) is 71.0 cm³/mol. The van der Waals surface area contributed by atoms with Crippen LogP contribution >= 0.6 is 11.8 Å². The molecule has 3 atom stereocenters. The highest BCUT2D eigenvalue weighted by atomic mass is 32.2. The highest BCUT2D eigenvalue weighted by Crippen LogP contribution is 2.37. The lowest BCUT2D eigenvalue weighted by molar-refractivity contribution is 0.131. The van der Waals surface area contributed by atoms with Crippen molar-refractivity contribution in [2.24, 2.45) is 5.92 Å². The summed E-state index contributed by atoms with van der Waals surface area (Å²) in [5, 5.41) is 3.80. The lowest BCUT2D eigenvalue weighted by atomic mass is 9.91. The zero-order valence-electron chi connectivity index (χ0n) is 10.3. The van der Waals surface area contributed by atoms with Gasteiger partial charge in [-0.05, 0) is 57.4 Å². The fourth-order valence-electron chi connectivity index (χ4n) is 3.72. The van der Waals surface area contributed by atoms with Gasteiger partial charge in [0.05, 0.1) is 0 Å². The first kappa shape index (κ1) is 11.4. The molecular formula is C13H24N2S. The van der Waals surface area contributed by atoms with Crippen molar-refractivity contribution in [3.05, 3.63) is 0 Å². The number of nitrogens with one attached hydrogen (secondary N) is 1. The molecule has 0 radical (unpaired) electrons. The molecule has 0 spiro atoms. The molecule has 3 rings (SSSR count). The summed E-state index contributed by atoms with van der Waals surface area (Å²) in [4.78, 5) is 2.64. The van der Waals surface area contributed by atoms with Crippen molar-refractivity contribution >= 4 is 11.8 Å². The topological polar surface area (TPSA) is 15.3 Å². The maximum absolute atomic E-state index is 3.80. The number of piperidine rings is 1. The molecular weight excluding hydrogens is 216 g/mol. The van der Waals surface area contributed by atoms with Crippen molar-refractivity contribution in [3.63, 3.8) is 0 Å². The Labute approximate surface area is 104 Å². The van der Waals surface area contributed by atoms with Crippen LogP contribution in [0.1, 0.15) is 32.1 Å². The Balaban J connectivity index is 1.46. The fourth-order valence-corrected chi connectivity index (χ4v) is 4.91. The van der Waals surface area contributed by atoms with E-state index in [0.717, 1.165) is 24.0 Å². The largest absolute Gasteiger partial charge is 0.313 e. The van der Waals surface area contributed by atoms with Crippen molar-refractivity contribution in [2.45, 2.75) is 50.2 Å². The summed E-state index contributed by atoms with van der Waals surface area (Å²) in [6, 6.07) is 2.63. The minimum absolute atomic E-state index is 0.822. The van der Waals surface area contributed by atoms with E-state index in [4.69, 9.17) is 0 Å². The second-order valence-corrected chi connectivity index (χ2v) is 7.01. The van der Waals surface area contributed by atoms with E-state index >= 15 is 0 Å². The first-order valence-electron chi connectivity index (χ1n) is 6.86. The third-order valence-corrected chi connectivity index (χ3v) is 5.98. The zero-order valence-corrected chi connectivity index (χ0v) is 11.1. The summed E-state index contributed by atoms with van der Waals surface area (Å²) >= 11 is 2.11. The minimum Gasteiger partial charge on any atom is -0.313 e. The molecule has 3 aliphatic rings. The maximum Gasteiger partial charge on any atom is 0.0166 e. The zero-order chi connectivity index (χ0) is 11.0. The molecule has 3 unspecified atom stereocenters. The van der Waals surface area contributed by atoms with E-state index in [1.165, 1.54) is 50.2 Å². The fraction of sp³-hybridized carbons (Fsp3) is 1.00. The predicted octanol–water partition coefficient (Wildman–Crippen LogP) is 1.95. The second kappa shape index (κ2) is 4.87. The Morgan fingerprint density at radius 1 is 1.19 bits per heavy atom. The molecule has 1 N–H and O–H groups in total. The number of nitrogens with zero attached hydrogens (tertiary/aromatic N) is 1. The average molecular weight is 240 g/mol. The third kappa shape index (κ3) is 2.27. The van der Waals surface area contributed by atoms with Gasteiger partial charge in [-0.2, -0.15) is 11.8 Å². The van der Waals surface area contributed by atoms with Gasteiger partial charge in [-0.1, -0.05) is 0 Å². The maximum atomic E-state index is 3.80. The normalized spacial score (nSPS) is 44.1. The van der Waals surface area contributed by atoms with Crippen molar-refractivity contribution < 1.29 is 0 Å². The number of thioether (sulfide) groups is 1. The van der Waals surface area contributed by atoms with E-state index in [0.29, 0.717) is 0 Å². The SMILES string of the molecule is CN1C2CCC1CC(CNC1CCSC1)C2. The summed E-state index contributed by atoms with van der Waals surface area (Å²) < 4.78 is 0. The van der Waals surface area contributed by atoms with Crippen LogP contribution in [-0.4, -0.2) is 48.1 Å². The van der Waals surface area contributed by atoms with E-state index in [1.54, 1.807) is 0 Å². The molecule has 16 heavy (non-hydrogen) atoms. The van der Waals surface area contributed by atoms with Crippen LogP contribution in [0.25, 0.3) is 0 Å². The number of fused-ring (bicyclic) bond motifs is 2. The van der Waals surface area contributed by atoms with Gasteiger partial charge in [0, 0.05) is 23.9 Å². The highest BCUT2D eigenvalue weighted by Gasteiger charge is 2.38. The van der Waals surface area contributed by atoms with E-state index in [1.807, 2.05) is 0 Å². The molecule has 0 aliphatic carbocycles. The van der Waals surface area contributed by atoms with Crippen molar-refractivity contribution in [3.8, 4) is 0 Å². The number of rotatable bonds is 3. The second-order valence-electron chi connectivity index (χ2n) is 5.86. The summed E-state index contributed by atoms with van der Waals surface area (Å²) in [5.74, 6) is 3.68. The third-order valence-electron chi connectivity index (χ3n) is 4.82. The molecule has 0 aromatic rings. The van der Waals surface area contributed by atoms with Crippen LogP contribution in [0.5, 0.6) is 0 Å². The standard InChI is InChI=1S/C13H24N2S/c1-15-12-2-3-13(15)7-10(6-12)8-14-11-4-5-16-9-11/h10-14H,2-9H2,1H3. The van der Waals surface area contributed by atoms with Crippen LogP contribution < -0.4 is 5.32 Å². The van der Waals surface area contributed by atoms with Gasteiger partial charge < -0.3 is 10.2 Å². The van der Waals surface area contributed by atoms with E-state index in [2.05, 4.69) is 29.0 Å². The Hall–Kier alpha value is 0.270. The van der Waals surface area contributed by atoms with Crippen LogP contribution in [0, 0.1) is 5.92 Å². The Morgan fingerprint density at radius 2 is 1.94 bits per heavy atom. The summed E-state index contributed by atoms with van der Waals surface area (Å²) in [6.07, 6.45) is 7.19. The minimum atomic E-state index is 0.822. The van der Waals surface area contributed by atoms with Crippen LogP contribution in [0.15, 0.2) is 0 Å². The quantitative estimate of drug-likeness (QED) is 0.812. The molecule has 0 aromatic heterocycles. The van der Waals surface area contributed by atoms with Crippen LogP contribution in [0.2, 0.25) is 0 Å². The molecule has 92 valence electrons. The number of hydrogen-bond acceptors (Lipinski definition) is 3. The lowest BCUT2D eigenvalue weighted by Crippen LogP contribution is -2.44. The smallest absolute Gasteiger partial charge is 0.0166 e. The molecule has 2 bridgehead atoms. The van der Waals surface area contributed by atoms with Crippen molar-refractivity contribution in [1.82, 2.24) is 10.2 Å². The highest BCUT2D eigenvalue weighted by molar-refractivity contribution is 7.99. The first-order valence-corrected chi connectivity index (χ1v) is 8.01. The van der Waals surface area contributed by atoms with Crippen LogP contribution in [0.3, 0.4) is 0 Å². The Morgan fingerprint density at radius 3 is 2.56 bits per heavy atom. The van der Waals surface area contributed by atoms with Gasteiger partial charge >= 0.3 is 0 Å². The number of hydrogen-bond donors (Lipinski definition) is 1. The van der Waals surface area contributed by atoms with Crippen LogP contribution in [0.4, 0.5) is 0 Å². The Bertz CT molecular complexity index is 226. The van der Waals surface area contributed by atoms with Gasteiger partial charge in [-0.25, -0.2) is 0 Å². The lowest BCUT2D eigenvalue weighted by Gasteiger charge is -2.36. The van der Waals surface area contributed by atoms with Crippen LogP contribution in [-0.2, 0) is 0 Å². The molecule has 0 aromatic carbocycles. The van der Waals surface area contributed by atoms with Gasteiger partial charge in [0.25, 0.3) is 0 Å². The summed E-state index contributed by atoms with van der Waals surface area (Å²) in [5.41, 5.74) is 0. The van der Waals surface area contributed by atoms with E-state index in [-0.39, 0.29) is 0 Å². The molecule has 3 fully saturated rings. The molecule has 2 nitrogen and oxygen atoms in total. The summed E-state index contributed by atoms with van der Waals surface area (Å²) in [7, 11) is 2.33. The molecule has 3 aliphatic heterocycles. The van der Waals surface area contributed by atoms with Gasteiger partial charge in [0.2, 0.25) is 0 Å². The van der Waals surface area contributed by atoms with Crippen molar-refractivity contribution in [2.75, 3.05) is 25.1 Å². The van der Waals surface area contributed by atoms with Gasteiger partial charge in [0.15, 0.2) is 0 Å². The van der Waals surface area contributed by atoms with E-state index in [9.17, 15) is 0 Å². The molecule has 0 amide bonds. The first-order chi connectivity index (χ1) is 7.83. The van der Waals surface area contributed by atoms with Gasteiger partial charge in [0.1, 0.15) is 0 Å².